The molecule has 120 valence electrons. The van der Waals surface area contributed by atoms with E-state index in [1.165, 1.54) is 16.7 Å². The second-order valence-corrected chi connectivity index (χ2v) is 6.13. The van der Waals surface area contributed by atoms with Crippen molar-refractivity contribution in [2.75, 3.05) is 13.1 Å². The lowest BCUT2D eigenvalue weighted by atomic mass is 9.81. The second-order valence-electron chi connectivity index (χ2n) is 6.13. The molecular formula is C19H33NO. The van der Waals surface area contributed by atoms with Gasteiger partial charge in [0, 0.05) is 12.0 Å². The minimum Gasteiger partial charge on any atom is -0.391 e. The van der Waals surface area contributed by atoms with Gasteiger partial charge in [-0.1, -0.05) is 51.5 Å². The van der Waals surface area contributed by atoms with Crippen molar-refractivity contribution in [1.82, 2.24) is 4.90 Å². The van der Waals surface area contributed by atoms with Crippen molar-refractivity contribution in [1.29, 1.82) is 0 Å². The molecule has 0 aliphatic heterocycles. The van der Waals surface area contributed by atoms with Crippen molar-refractivity contribution in [3.8, 4) is 0 Å². The molecule has 0 bridgehead atoms. The molecule has 1 N–H and O–H groups in total. The maximum Gasteiger partial charge on any atom is 0.0763 e. The molecule has 1 rings (SSSR count). The standard InChI is InChI=1S/C19H33NO/c1-7-19(8-2,20(9-3)10-4)18(21)14-17-13-15(5)11-12-16(17)6/h11-13,18,21H,7-10,14H2,1-6H3. The second kappa shape index (κ2) is 7.95. The van der Waals surface area contributed by atoms with E-state index >= 15 is 0 Å². The summed E-state index contributed by atoms with van der Waals surface area (Å²) in [6.07, 6.45) is 2.38. The van der Waals surface area contributed by atoms with Crippen molar-refractivity contribution in [2.45, 2.75) is 72.4 Å². The molecule has 0 heterocycles. The Morgan fingerprint density at radius 1 is 1.05 bits per heavy atom. The topological polar surface area (TPSA) is 23.5 Å². The maximum absolute atomic E-state index is 11.0. The van der Waals surface area contributed by atoms with Crippen molar-refractivity contribution in [3.63, 3.8) is 0 Å². The molecule has 1 atom stereocenters. The van der Waals surface area contributed by atoms with Gasteiger partial charge in [0.1, 0.15) is 0 Å². The SMILES string of the molecule is CCN(CC)C(CC)(CC)C(O)Cc1cc(C)ccc1C. The molecule has 21 heavy (non-hydrogen) atoms. The Morgan fingerprint density at radius 2 is 1.62 bits per heavy atom. The molecule has 0 aromatic heterocycles. The van der Waals surface area contributed by atoms with Gasteiger partial charge >= 0.3 is 0 Å². The zero-order chi connectivity index (χ0) is 16.0. The van der Waals surface area contributed by atoms with Gasteiger partial charge in [0.25, 0.3) is 0 Å². The number of aliphatic hydroxyl groups is 1. The van der Waals surface area contributed by atoms with Crippen LogP contribution in [-0.4, -0.2) is 34.7 Å². The monoisotopic (exact) mass is 291 g/mol. The smallest absolute Gasteiger partial charge is 0.0763 e. The first kappa shape index (κ1) is 18.2. The number of hydrogen-bond donors (Lipinski definition) is 1. The normalized spacial score (nSPS) is 13.7. The fourth-order valence-electron chi connectivity index (χ4n) is 3.65. The fraction of sp³-hybridized carbons (Fsp3) is 0.684. The molecule has 0 saturated carbocycles. The third kappa shape index (κ3) is 3.87. The van der Waals surface area contributed by atoms with Gasteiger partial charge in [0.05, 0.1) is 6.10 Å². The van der Waals surface area contributed by atoms with Crippen LogP contribution in [-0.2, 0) is 6.42 Å². The molecule has 2 nitrogen and oxygen atoms in total. The van der Waals surface area contributed by atoms with Gasteiger partial charge in [-0.15, -0.1) is 0 Å². The summed E-state index contributed by atoms with van der Waals surface area (Å²) in [5.74, 6) is 0. The molecule has 0 amide bonds. The van der Waals surface area contributed by atoms with Crippen LogP contribution < -0.4 is 0 Å². The van der Waals surface area contributed by atoms with Crippen LogP contribution >= 0.6 is 0 Å². The van der Waals surface area contributed by atoms with E-state index in [0.717, 1.165) is 32.4 Å². The quantitative estimate of drug-likeness (QED) is 0.779. The van der Waals surface area contributed by atoms with Crippen molar-refractivity contribution >= 4 is 0 Å². The van der Waals surface area contributed by atoms with Crippen LogP contribution in [0.3, 0.4) is 0 Å². The Kier molecular flexibility index (Phi) is 6.89. The lowest BCUT2D eigenvalue weighted by Crippen LogP contribution is -2.56. The summed E-state index contributed by atoms with van der Waals surface area (Å²) < 4.78 is 0. The number of hydrogen-bond acceptors (Lipinski definition) is 2. The van der Waals surface area contributed by atoms with Gasteiger partial charge in [-0.25, -0.2) is 0 Å². The number of rotatable bonds is 8. The zero-order valence-electron chi connectivity index (χ0n) is 14.7. The lowest BCUT2D eigenvalue weighted by molar-refractivity contribution is -0.0341. The Morgan fingerprint density at radius 3 is 2.10 bits per heavy atom. The molecule has 2 heteroatoms. The average Bonchev–Trinajstić information content (AvgIpc) is 2.48. The number of benzene rings is 1. The molecular weight excluding hydrogens is 258 g/mol. The minimum atomic E-state index is -0.326. The minimum absolute atomic E-state index is 0.111. The molecule has 0 spiro atoms. The van der Waals surface area contributed by atoms with E-state index in [1.54, 1.807) is 0 Å². The summed E-state index contributed by atoms with van der Waals surface area (Å²) in [6, 6.07) is 6.52. The predicted octanol–water partition coefficient (Wildman–Crippen LogP) is 4.11. The maximum atomic E-state index is 11.0. The third-order valence-electron chi connectivity index (χ3n) is 5.16. The predicted molar refractivity (Wildman–Crippen MR) is 91.9 cm³/mol. The van der Waals surface area contributed by atoms with Gasteiger partial charge in [0.15, 0.2) is 0 Å². The van der Waals surface area contributed by atoms with E-state index in [9.17, 15) is 5.11 Å². The van der Waals surface area contributed by atoms with Crippen LogP contribution in [0.4, 0.5) is 0 Å². The number of aliphatic hydroxyl groups excluding tert-OH is 1. The Labute approximate surface area is 131 Å². The van der Waals surface area contributed by atoms with E-state index in [1.807, 2.05) is 0 Å². The fourth-order valence-corrected chi connectivity index (χ4v) is 3.65. The van der Waals surface area contributed by atoms with Crippen LogP contribution in [0, 0.1) is 13.8 Å². The van der Waals surface area contributed by atoms with Crippen LogP contribution in [0.5, 0.6) is 0 Å². The number of likely N-dealkylation sites (N-methyl/N-ethyl adjacent to an activating group) is 1. The van der Waals surface area contributed by atoms with Crippen LogP contribution in [0.25, 0.3) is 0 Å². The van der Waals surface area contributed by atoms with E-state index in [2.05, 4.69) is 64.6 Å². The molecule has 0 aliphatic carbocycles. The third-order valence-corrected chi connectivity index (χ3v) is 5.16. The summed E-state index contributed by atoms with van der Waals surface area (Å²) >= 11 is 0. The summed E-state index contributed by atoms with van der Waals surface area (Å²) in [5, 5.41) is 11.0. The van der Waals surface area contributed by atoms with E-state index < -0.39 is 0 Å². The summed E-state index contributed by atoms with van der Waals surface area (Å²) in [7, 11) is 0. The highest BCUT2D eigenvalue weighted by molar-refractivity contribution is 5.31. The summed E-state index contributed by atoms with van der Waals surface area (Å²) in [6.45, 7) is 15.0. The van der Waals surface area contributed by atoms with Crippen molar-refractivity contribution < 1.29 is 5.11 Å². The zero-order valence-corrected chi connectivity index (χ0v) is 14.7. The summed E-state index contributed by atoms with van der Waals surface area (Å²) in [5.41, 5.74) is 3.71. The molecule has 1 unspecified atom stereocenters. The van der Waals surface area contributed by atoms with Crippen LogP contribution in [0.2, 0.25) is 0 Å². The van der Waals surface area contributed by atoms with Gasteiger partial charge < -0.3 is 5.11 Å². The molecule has 0 saturated heterocycles. The first-order valence-electron chi connectivity index (χ1n) is 8.44. The number of aryl methyl sites for hydroxylation is 2. The number of nitrogens with zero attached hydrogens (tertiary/aromatic N) is 1. The first-order chi connectivity index (χ1) is 9.94. The highest BCUT2D eigenvalue weighted by Gasteiger charge is 2.38. The van der Waals surface area contributed by atoms with E-state index in [-0.39, 0.29) is 11.6 Å². The lowest BCUT2D eigenvalue weighted by Gasteiger charge is -2.46. The molecule has 0 fully saturated rings. The molecule has 1 aromatic rings. The molecule has 0 radical (unpaired) electrons. The van der Waals surface area contributed by atoms with E-state index in [4.69, 9.17) is 0 Å². The highest BCUT2D eigenvalue weighted by atomic mass is 16.3. The molecule has 0 aliphatic rings. The van der Waals surface area contributed by atoms with E-state index in [0.29, 0.717) is 0 Å². The largest absolute Gasteiger partial charge is 0.391 e. The first-order valence-corrected chi connectivity index (χ1v) is 8.44. The average molecular weight is 291 g/mol. The van der Waals surface area contributed by atoms with Crippen molar-refractivity contribution in [3.05, 3.63) is 34.9 Å². The van der Waals surface area contributed by atoms with Gasteiger partial charge in [-0.05, 0) is 50.9 Å². The van der Waals surface area contributed by atoms with Crippen LogP contribution in [0.15, 0.2) is 18.2 Å². The summed E-state index contributed by atoms with van der Waals surface area (Å²) in [4.78, 5) is 2.43. The Balaban J connectivity index is 3.06. The van der Waals surface area contributed by atoms with Gasteiger partial charge in [-0.3, -0.25) is 4.90 Å². The van der Waals surface area contributed by atoms with Crippen LogP contribution in [0.1, 0.15) is 57.2 Å². The Bertz CT molecular complexity index is 433. The highest BCUT2D eigenvalue weighted by Crippen LogP contribution is 2.30. The van der Waals surface area contributed by atoms with Gasteiger partial charge in [-0.2, -0.15) is 0 Å². The molecule has 1 aromatic carbocycles. The Hall–Kier alpha value is -0.860. The van der Waals surface area contributed by atoms with Crippen molar-refractivity contribution in [2.24, 2.45) is 0 Å². The van der Waals surface area contributed by atoms with Gasteiger partial charge in [0.2, 0.25) is 0 Å².